The highest BCUT2D eigenvalue weighted by Gasteiger charge is 2.16. The van der Waals surface area contributed by atoms with Crippen molar-refractivity contribution in [1.82, 2.24) is 24.3 Å². The molecule has 186 valence electrons. The predicted molar refractivity (Wildman–Crippen MR) is 139 cm³/mol. The van der Waals surface area contributed by atoms with E-state index in [0.717, 1.165) is 22.5 Å². The first-order chi connectivity index (χ1) is 17.9. The maximum atomic E-state index is 14.3. The van der Waals surface area contributed by atoms with Crippen molar-refractivity contribution in [2.45, 2.75) is 13.5 Å². The molecule has 0 atom stereocenters. The van der Waals surface area contributed by atoms with E-state index in [0.29, 0.717) is 29.1 Å². The molecular formula is C28H25FN6O2. The van der Waals surface area contributed by atoms with Crippen LogP contribution in [-0.4, -0.2) is 44.3 Å². The van der Waals surface area contributed by atoms with E-state index in [1.807, 2.05) is 35.6 Å². The summed E-state index contributed by atoms with van der Waals surface area (Å²) in [6.45, 7) is 2.39. The molecule has 5 rings (SSSR count). The number of halogens is 1. The first-order valence-electron chi connectivity index (χ1n) is 11.6. The highest BCUT2D eigenvalue weighted by atomic mass is 19.1. The third kappa shape index (κ3) is 4.84. The summed E-state index contributed by atoms with van der Waals surface area (Å²) < 4.78 is 21.1. The number of carbonyl (C=O) groups excluding carboxylic acids is 1. The fourth-order valence-electron chi connectivity index (χ4n) is 4.20. The van der Waals surface area contributed by atoms with E-state index in [2.05, 4.69) is 20.3 Å². The third-order valence-electron chi connectivity index (χ3n) is 6.11. The predicted octanol–water partition coefficient (Wildman–Crippen LogP) is 5.26. The molecule has 9 heteroatoms. The standard InChI is InChI=1S/C28H25FN6O2/c1-18-14-21(5-6-22(18)28(36)34(2)17-19-8-10-30-11-9-19)33-26-27-32-16-24(35(27)13-12-31-26)20-4-7-25(37-3)23(29)15-20/h4-16H,17H2,1-3H3,(H,31,33). The average Bonchev–Trinajstić information content (AvgIpc) is 3.34. The molecule has 0 fully saturated rings. The van der Waals surface area contributed by atoms with Crippen LogP contribution in [0.4, 0.5) is 15.9 Å². The van der Waals surface area contributed by atoms with Crippen molar-refractivity contribution in [1.29, 1.82) is 0 Å². The quantitative estimate of drug-likeness (QED) is 0.331. The van der Waals surface area contributed by atoms with Crippen LogP contribution in [0.5, 0.6) is 5.75 Å². The number of pyridine rings is 1. The zero-order chi connectivity index (χ0) is 25.9. The van der Waals surface area contributed by atoms with Crippen molar-refractivity contribution in [3.8, 4) is 17.0 Å². The highest BCUT2D eigenvalue weighted by Crippen LogP contribution is 2.29. The van der Waals surface area contributed by atoms with Gasteiger partial charge < -0.3 is 15.0 Å². The van der Waals surface area contributed by atoms with Gasteiger partial charge in [-0.05, 0) is 66.6 Å². The van der Waals surface area contributed by atoms with Crippen molar-refractivity contribution in [3.05, 3.63) is 102 Å². The number of ether oxygens (including phenoxy) is 1. The van der Waals surface area contributed by atoms with Gasteiger partial charge in [0.2, 0.25) is 0 Å². The molecule has 0 spiro atoms. The van der Waals surface area contributed by atoms with E-state index in [1.54, 1.807) is 61.1 Å². The van der Waals surface area contributed by atoms with Crippen LogP contribution in [0.15, 0.2) is 79.5 Å². The summed E-state index contributed by atoms with van der Waals surface area (Å²) in [6.07, 6.45) is 8.53. The van der Waals surface area contributed by atoms with Gasteiger partial charge in [0.05, 0.1) is 19.0 Å². The lowest BCUT2D eigenvalue weighted by Gasteiger charge is -2.19. The number of rotatable bonds is 7. The van der Waals surface area contributed by atoms with Crippen molar-refractivity contribution < 1.29 is 13.9 Å². The van der Waals surface area contributed by atoms with Crippen molar-refractivity contribution in [2.24, 2.45) is 0 Å². The summed E-state index contributed by atoms with van der Waals surface area (Å²) >= 11 is 0. The summed E-state index contributed by atoms with van der Waals surface area (Å²) in [5.41, 5.74) is 5.21. The second-order valence-electron chi connectivity index (χ2n) is 8.63. The monoisotopic (exact) mass is 496 g/mol. The molecule has 3 aromatic heterocycles. The second kappa shape index (κ2) is 10.1. The molecule has 2 aromatic carbocycles. The second-order valence-corrected chi connectivity index (χ2v) is 8.63. The van der Waals surface area contributed by atoms with Crippen LogP contribution in [0.3, 0.4) is 0 Å². The smallest absolute Gasteiger partial charge is 0.254 e. The van der Waals surface area contributed by atoms with Crippen molar-refractivity contribution in [3.63, 3.8) is 0 Å². The van der Waals surface area contributed by atoms with Gasteiger partial charge in [-0.15, -0.1) is 0 Å². The lowest BCUT2D eigenvalue weighted by atomic mass is 10.1. The van der Waals surface area contributed by atoms with E-state index < -0.39 is 5.82 Å². The number of nitrogens with one attached hydrogen (secondary N) is 1. The topological polar surface area (TPSA) is 84.6 Å². The highest BCUT2D eigenvalue weighted by molar-refractivity contribution is 5.96. The van der Waals surface area contributed by atoms with Crippen molar-refractivity contribution >= 4 is 23.1 Å². The molecule has 37 heavy (non-hydrogen) atoms. The largest absolute Gasteiger partial charge is 0.494 e. The Balaban J connectivity index is 1.38. The van der Waals surface area contributed by atoms with Gasteiger partial charge in [-0.2, -0.15) is 0 Å². The van der Waals surface area contributed by atoms with E-state index in [1.165, 1.54) is 13.2 Å². The van der Waals surface area contributed by atoms with E-state index in [4.69, 9.17) is 4.74 Å². The molecule has 0 bridgehead atoms. The number of anilines is 2. The van der Waals surface area contributed by atoms with Crippen LogP contribution in [0.25, 0.3) is 16.9 Å². The number of imidazole rings is 1. The van der Waals surface area contributed by atoms with Crippen LogP contribution >= 0.6 is 0 Å². The van der Waals surface area contributed by atoms with Gasteiger partial charge in [-0.25, -0.2) is 14.4 Å². The minimum Gasteiger partial charge on any atom is -0.494 e. The Bertz CT molecular complexity index is 1580. The molecule has 0 aliphatic carbocycles. The number of hydrogen-bond donors (Lipinski definition) is 1. The Morgan fingerprint density at radius 1 is 1.08 bits per heavy atom. The number of methoxy groups -OCH3 is 1. The first-order valence-corrected chi connectivity index (χ1v) is 11.6. The van der Waals surface area contributed by atoms with Gasteiger partial charge in [0.15, 0.2) is 23.0 Å². The molecule has 0 radical (unpaired) electrons. The van der Waals surface area contributed by atoms with E-state index >= 15 is 0 Å². The molecule has 3 heterocycles. The number of hydrogen-bond acceptors (Lipinski definition) is 6. The number of aromatic nitrogens is 4. The van der Waals surface area contributed by atoms with Gasteiger partial charge in [-0.1, -0.05) is 0 Å². The molecule has 0 aliphatic heterocycles. The molecule has 0 unspecified atom stereocenters. The van der Waals surface area contributed by atoms with Gasteiger partial charge in [0, 0.05) is 55.2 Å². The molecule has 0 saturated carbocycles. The van der Waals surface area contributed by atoms with Crippen LogP contribution in [0, 0.1) is 12.7 Å². The SMILES string of the molecule is COc1ccc(-c2cnc3c(Nc4ccc(C(=O)N(C)Cc5ccncc5)c(C)c4)nccn23)cc1F. The molecular weight excluding hydrogens is 471 g/mol. The van der Waals surface area contributed by atoms with Gasteiger partial charge in [0.1, 0.15) is 0 Å². The number of benzene rings is 2. The number of carbonyl (C=O) groups is 1. The first kappa shape index (κ1) is 23.9. The average molecular weight is 497 g/mol. The summed E-state index contributed by atoms with van der Waals surface area (Å²) in [4.78, 5) is 27.7. The molecule has 0 aliphatic rings. The zero-order valence-electron chi connectivity index (χ0n) is 20.6. The fourth-order valence-corrected chi connectivity index (χ4v) is 4.20. The Hall–Kier alpha value is -4.79. The summed E-state index contributed by atoms with van der Waals surface area (Å²) in [5.74, 6) is 0.211. The van der Waals surface area contributed by atoms with Crippen LogP contribution in [0.1, 0.15) is 21.5 Å². The Labute approximate surface area is 213 Å². The number of aryl methyl sites for hydroxylation is 1. The normalized spacial score (nSPS) is 10.9. The van der Waals surface area contributed by atoms with Crippen LogP contribution < -0.4 is 10.1 Å². The molecule has 0 saturated heterocycles. The Morgan fingerprint density at radius 3 is 2.62 bits per heavy atom. The maximum absolute atomic E-state index is 14.3. The van der Waals surface area contributed by atoms with Crippen LogP contribution in [0.2, 0.25) is 0 Å². The lowest BCUT2D eigenvalue weighted by molar-refractivity contribution is 0.0784. The molecule has 1 amide bonds. The molecule has 1 N–H and O–H groups in total. The minimum absolute atomic E-state index is 0.0642. The summed E-state index contributed by atoms with van der Waals surface area (Å²) in [6, 6.07) is 14.1. The van der Waals surface area contributed by atoms with Gasteiger partial charge in [-0.3, -0.25) is 14.2 Å². The fraction of sp³-hybridized carbons (Fsp3) is 0.143. The Morgan fingerprint density at radius 2 is 1.89 bits per heavy atom. The van der Waals surface area contributed by atoms with Crippen molar-refractivity contribution in [2.75, 3.05) is 19.5 Å². The number of fused-ring (bicyclic) bond motifs is 1. The van der Waals surface area contributed by atoms with Gasteiger partial charge >= 0.3 is 0 Å². The Kier molecular flexibility index (Phi) is 6.51. The van der Waals surface area contributed by atoms with E-state index in [9.17, 15) is 9.18 Å². The van der Waals surface area contributed by atoms with E-state index in [-0.39, 0.29) is 11.7 Å². The zero-order valence-corrected chi connectivity index (χ0v) is 20.6. The lowest BCUT2D eigenvalue weighted by Crippen LogP contribution is -2.26. The third-order valence-corrected chi connectivity index (χ3v) is 6.11. The molecule has 5 aromatic rings. The number of amides is 1. The summed E-state index contributed by atoms with van der Waals surface area (Å²) in [7, 11) is 3.21. The van der Waals surface area contributed by atoms with Crippen LogP contribution in [-0.2, 0) is 6.54 Å². The summed E-state index contributed by atoms with van der Waals surface area (Å²) in [5, 5.41) is 3.30. The maximum Gasteiger partial charge on any atom is 0.254 e. The number of nitrogens with zero attached hydrogens (tertiary/aromatic N) is 5. The van der Waals surface area contributed by atoms with Gasteiger partial charge in [0.25, 0.3) is 5.91 Å². The minimum atomic E-state index is -0.445. The molecule has 8 nitrogen and oxygen atoms in total.